The van der Waals surface area contributed by atoms with Crippen molar-refractivity contribution in [1.82, 2.24) is 25.9 Å². The number of rotatable bonds is 5. The van der Waals surface area contributed by atoms with Crippen molar-refractivity contribution in [3.63, 3.8) is 0 Å². The Labute approximate surface area is 141 Å². The minimum Gasteiger partial charge on any atom is -0.484 e. The summed E-state index contributed by atoms with van der Waals surface area (Å²) in [4.78, 5) is 23.6. The SMILES string of the molecule is Cc1cc(=O)oc2cc(OCC(=O)NC3(c4nn[nH]n4)CC3)ccc12. The van der Waals surface area contributed by atoms with E-state index in [9.17, 15) is 9.59 Å². The number of hydrogen-bond donors (Lipinski definition) is 2. The van der Waals surface area contributed by atoms with Gasteiger partial charge >= 0.3 is 5.63 Å². The average Bonchev–Trinajstić information content (AvgIpc) is 3.13. The molecule has 0 atom stereocenters. The van der Waals surface area contributed by atoms with Gasteiger partial charge in [0.05, 0.1) is 0 Å². The van der Waals surface area contributed by atoms with Gasteiger partial charge in [-0.05, 0) is 37.5 Å². The number of hydrogen-bond acceptors (Lipinski definition) is 7. The molecule has 1 aromatic carbocycles. The number of carbonyl (C=O) groups excluding carboxylic acids is 1. The number of aromatic amines is 1. The molecule has 3 aromatic rings. The van der Waals surface area contributed by atoms with Gasteiger partial charge < -0.3 is 14.5 Å². The minimum absolute atomic E-state index is 0.166. The summed E-state index contributed by atoms with van der Waals surface area (Å²) in [6.07, 6.45) is 1.53. The molecule has 9 heteroatoms. The van der Waals surface area contributed by atoms with E-state index in [-0.39, 0.29) is 12.5 Å². The maximum absolute atomic E-state index is 12.1. The van der Waals surface area contributed by atoms with Crippen molar-refractivity contribution in [3.05, 3.63) is 46.1 Å². The largest absolute Gasteiger partial charge is 0.484 e. The molecule has 1 saturated carbocycles. The van der Waals surface area contributed by atoms with E-state index in [1.807, 2.05) is 6.92 Å². The Hall–Kier alpha value is -3.23. The van der Waals surface area contributed by atoms with Gasteiger partial charge in [-0.25, -0.2) is 4.79 Å². The van der Waals surface area contributed by atoms with E-state index >= 15 is 0 Å². The quantitative estimate of drug-likeness (QED) is 0.658. The lowest BCUT2D eigenvalue weighted by atomic mass is 10.1. The van der Waals surface area contributed by atoms with E-state index in [1.165, 1.54) is 6.07 Å². The van der Waals surface area contributed by atoms with Crippen LogP contribution >= 0.6 is 0 Å². The van der Waals surface area contributed by atoms with Crippen LogP contribution in [0.5, 0.6) is 5.75 Å². The molecule has 1 fully saturated rings. The van der Waals surface area contributed by atoms with Crippen LogP contribution in [0.1, 0.15) is 24.2 Å². The van der Waals surface area contributed by atoms with Crippen molar-refractivity contribution in [1.29, 1.82) is 0 Å². The number of H-pyrrole nitrogens is 1. The van der Waals surface area contributed by atoms with E-state index < -0.39 is 11.2 Å². The zero-order chi connectivity index (χ0) is 17.4. The van der Waals surface area contributed by atoms with Crippen molar-refractivity contribution < 1.29 is 13.9 Å². The summed E-state index contributed by atoms with van der Waals surface area (Å²) in [7, 11) is 0. The fourth-order valence-corrected chi connectivity index (χ4v) is 2.74. The van der Waals surface area contributed by atoms with Crippen molar-refractivity contribution >= 4 is 16.9 Å². The second kappa shape index (κ2) is 5.69. The maximum atomic E-state index is 12.1. The number of carbonyl (C=O) groups is 1. The highest BCUT2D eigenvalue weighted by molar-refractivity contribution is 5.82. The zero-order valence-electron chi connectivity index (χ0n) is 13.4. The van der Waals surface area contributed by atoms with Crippen molar-refractivity contribution in [2.24, 2.45) is 0 Å². The van der Waals surface area contributed by atoms with Crippen LogP contribution in [0.25, 0.3) is 11.0 Å². The van der Waals surface area contributed by atoms with Crippen LogP contribution in [0.4, 0.5) is 0 Å². The Morgan fingerprint density at radius 2 is 2.24 bits per heavy atom. The Morgan fingerprint density at radius 3 is 2.96 bits per heavy atom. The van der Waals surface area contributed by atoms with Gasteiger partial charge in [0.1, 0.15) is 16.9 Å². The Morgan fingerprint density at radius 1 is 1.40 bits per heavy atom. The molecule has 0 bridgehead atoms. The van der Waals surface area contributed by atoms with Crippen molar-refractivity contribution in [2.75, 3.05) is 6.61 Å². The van der Waals surface area contributed by atoms with Gasteiger partial charge in [0.2, 0.25) is 0 Å². The number of benzene rings is 1. The lowest BCUT2D eigenvalue weighted by molar-refractivity contribution is -0.124. The van der Waals surface area contributed by atoms with E-state index in [4.69, 9.17) is 9.15 Å². The summed E-state index contributed by atoms with van der Waals surface area (Å²) in [5.41, 5.74) is 0.288. The number of amides is 1. The highest BCUT2D eigenvalue weighted by Crippen LogP contribution is 2.43. The van der Waals surface area contributed by atoms with E-state index in [0.29, 0.717) is 17.2 Å². The molecule has 0 aliphatic heterocycles. The molecule has 0 saturated heterocycles. The molecule has 2 heterocycles. The fraction of sp³-hybridized carbons (Fsp3) is 0.312. The van der Waals surface area contributed by atoms with Crippen LogP contribution in [0.15, 0.2) is 33.5 Å². The fourth-order valence-electron chi connectivity index (χ4n) is 2.74. The monoisotopic (exact) mass is 341 g/mol. The third kappa shape index (κ3) is 2.95. The third-order valence-electron chi connectivity index (χ3n) is 4.19. The van der Waals surface area contributed by atoms with Crippen LogP contribution in [0.3, 0.4) is 0 Å². The second-order valence-electron chi connectivity index (χ2n) is 6.06. The normalized spacial score (nSPS) is 15.1. The molecule has 1 aliphatic carbocycles. The molecular formula is C16H15N5O4. The molecule has 1 aliphatic rings. The number of nitrogens with one attached hydrogen (secondary N) is 2. The number of aromatic nitrogens is 4. The van der Waals surface area contributed by atoms with Gasteiger partial charge in [-0.1, -0.05) is 5.21 Å². The lowest BCUT2D eigenvalue weighted by Gasteiger charge is -2.14. The van der Waals surface area contributed by atoms with Gasteiger partial charge in [-0.3, -0.25) is 4.79 Å². The topological polar surface area (TPSA) is 123 Å². The molecule has 1 amide bonds. The van der Waals surface area contributed by atoms with E-state index in [2.05, 4.69) is 25.9 Å². The molecule has 0 radical (unpaired) electrons. The van der Waals surface area contributed by atoms with Crippen LogP contribution in [-0.2, 0) is 10.3 Å². The van der Waals surface area contributed by atoms with Crippen LogP contribution < -0.4 is 15.7 Å². The molecular weight excluding hydrogens is 326 g/mol. The highest BCUT2D eigenvalue weighted by atomic mass is 16.5. The van der Waals surface area contributed by atoms with Gasteiger partial charge in [0.15, 0.2) is 12.4 Å². The van der Waals surface area contributed by atoms with Gasteiger partial charge in [-0.2, -0.15) is 5.21 Å². The third-order valence-corrected chi connectivity index (χ3v) is 4.19. The Kier molecular flexibility index (Phi) is 3.48. The molecule has 0 spiro atoms. The standard InChI is InChI=1S/C16H15N5O4/c1-9-6-14(23)25-12-7-10(2-3-11(9)12)24-8-13(22)17-16(4-5-16)15-18-20-21-19-15/h2-3,6-7H,4-5,8H2,1H3,(H,17,22)(H,18,19,20,21). The number of ether oxygens (including phenoxy) is 1. The van der Waals surface area contributed by atoms with Crippen molar-refractivity contribution in [2.45, 2.75) is 25.3 Å². The summed E-state index contributed by atoms with van der Waals surface area (Å²) in [6.45, 7) is 1.67. The maximum Gasteiger partial charge on any atom is 0.336 e. The first-order valence-electron chi connectivity index (χ1n) is 7.78. The Bertz CT molecular complexity index is 991. The summed E-state index contributed by atoms with van der Waals surface area (Å²) in [5, 5.41) is 17.5. The van der Waals surface area contributed by atoms with Crippen LogP contribution in [-0.4, -0.2) is 33.1 Å². The first kappa shape index (κ1) is 15.3. The van der Waals surface area contributed by atoms with Crippen molar-refractivity contribution in [3.8, 4) is 5.75 Å². The smallest absolute Gasteiger partial charge is 0.336 e. The molecule has 2 aromatic heterocycles. The molecule has 25 heavy (non-hydrogen) atoms. The molecule has 128 valence electrons. The molecule has 9 nitrogen and oxygen atoms in total. The van der Waals surface area contributed by atoms with E-state index in [1.54, 1.807) is 18.2 Å². The minimum atomic E-state index is -0.541. The zero-order valence-corrected chi connectivity index (χ0v) is 13.4. The first-order chi connectivity index (χ1) is 12.1. The highest BCUT2D eigenvalue weighted by Gasteiger charge is 2.49. The van der Waals surface area contributed by atoms with Gasteiger partial charge in [0.25, 0.3) is 5.91 Å². The Balaban J connectivity index is 1.44. The van der Waals surface area contributed by atoms with E-state index in [0.717, 1.165) is 23.8 Å². The molecule has 2 N–H and O–H groups in total. The second-order valence-corrected chi connectivity index (χ2v) is 6.06. The molecule has 0 unspecified atom stereocenters. The van der Waals surface area contributed by atoms with Crippen LogP contribution in [0.2, 0.25) is 0 Å². The number of fused-ring (bicyclic) bond motifs is 1. The van der Waals surface area contributed by atoms with Crippen LogP contribution in [0, 0.1) is 6.92 Å². The van der Waals surface area contributed by atoms with Gasteiger partial charge in [-0.15, -0.1) is 10.2 Å². The number of nitrogens with zero attached hydrogens (tertiary/aromatic N) is 3. The molecule has 4 rings (SSSR count). The summed E-state index contributed by atoms with van der Waals surface area (Å²) in [5.74, 6) is 0.637. The summed E-state index contributed by atoms with van der Waals surface area (Å²) >= 11 is 0. The lowest BCUT2D eigenvalue weighted by Crippen LogP contribution is -2.38. The van der Waals surface area contributed by atoms with Gasteiger partial charge in [0, 0.05) is 17.5 Å². The summed E-state index contributed by atoms with van der Waals surface area (Å²) in [6, 6.07) is 6.56. The summed E-state index contributed by atoms with van der Waals surface area (Å²) < 4.78 is 10.7. The number of aryl methyl sites for hydroxylation is 1. The first-order valence-corrected chi connectivity index (χ1v) is 7.78. The predicted molar refractivity (Wildman–Crippen MR) is 85.9 cm³/mol. The average molecular weight is 341 g/mol. The number of tetrazole rings is 1. The predicted octanol–water partition coefficient (Wildman–Crippen LogP) is 0.799.